The van der Waals surface area contributed by atoms with Crippen molar-refractivity contribution < 1.29 is 9.47 Å². The zero-order chi connectivity index (χ0) is 22.5. The summed E-state index contributed by atoms with van der Waals surface area (Å²) in [6.07, 6.45) is 3.43. The summed E-state index contributed by atoms with van der Waals surface area (Å²) < 4.78 is 14.9. The molecule has 0 atom stereocenters. The van der Waals surface area contributed by atoms with E-state index in [0.717, 1.165) is 21.2 Å². The van der Waals surface area contributed by atoms with Gasteiger partial charge in [0.15, 0.2) is 17.3 Å². The minimum absolute atomic E-state index is 0.423. The van der Waals surface area contributed by atoms with Crippen LogP contribution in [0.15, 0.2) is 65.4 Å². The van der Waals surface area contributed by atoms with Crippen LogP contribution >= 0.6 is 28.1 Å². The van der Waals surface area contributed by atoms with Gasteiger partial charge in [-0.2, -0.15) is 5.10 Å². The molecule has 164 valence electrons. The first-order chi connectivity index (χ1) is 15.6. The zero-order valence-electron chi connectivity index (χ0n) is 17.6. The summed E-state index contributed by atoms with van der Waals surface area (Å²) in [5.74, 6) is 1.99. The van der Waals surface area contributed by atoms with Crippen LogP contribution in [0, 0.1) is 11.7 Å². The maximum absolute atomic E-state index is 6.26. The number of halogens is 1. The van der Waals surface area contributed by atoms with Gasteiger partial charge in [-0.05, 0) is 54.5 Å². The van der Waals surface area contributed by atoms with Crippen LogP contribution in [-0.4, -0.2) is 27.0 Å². The number of benzene rings is 2. The Morgan fingerprint density at radius 2 is 1.91 bits per heavy atom. The van der Waals surface area contributed by atoms with Gasteiger partial charge in [-0.15, -0.1) is 0 Å². The van der Waals surface area contributed by atoms with Crippen molar-refractivity contribution >= 4 is 28.1 Å². The van der Waals surface area contributed by atoms with Gasteiger partial charge in [0.25, 0.3) is 0 Å². The molecule has 2 aromatic heterocycles. The lowest BCUT2D eigenvalue weighted by Gasteiger charge is -2.18. The minimum atomic E-state index is 0.423. The largest absolute Gasteiger partial charge is 0.493 e. The first kappa shape index (κ1) is 22.0. The van der Waals surface area contributed by atoms with E-state index in [4.69, 9.17) is 21.7 Å². The topological polar surface area (TPSA) is 77.0 Å². The minimum Gasteiger partial charge on any atom is -0.493 e. The van der Waals surface area contributed by atoms with Gasteiger partial charge in [-0.1, -0.05) is 40.2 Å². The van der Waals surface area contributed by atoms with Crippen molar-refractivity contribution in [1.82, 2.24) is 19.9 Å². The summed E-state index contributed by atoms with van der Waals surface area (Å²) in [4.78, 5) is 4.06. The van der Waals surface area contributed by atoms with E-state index in [0.29, 0.717) is 35.2 Å². The van der Waals surface area contributed by atoms with E-state index in [1.165, 1.54) is 5.56 Å². The molecule has 0 saturated carbocycles. The molecule has 9 heteroatoms. The zero-order valence-corrected chi connectivity index (χ0v) is 20.0. The molecule has 0 aliphatic rings. The highest BCUT2D eigenvalue weighted by Crippen LogP contribution is 2.37. The van der Waals surface area contributed by atoms with Gasteiger partial charge in [-0.3, -0.25) is 4.98 Å². The first-order valence-corrected chi connectivity index (χ1v) is 11.1. The van der Waals surface area contributed by atoms with Crippen molar-refractivity contribution in [1.29, 1.82) is 0 Å². The quantitative estimate of drug-likeness (QED) is 0.308. The normalized spacial score (nSPS) is 10.7. The predicted molar refractivity (Wildman–Crippen MR) is 130 cm³/mol. The van der Waals surface area contributed by atoms with Gasteiger partial charge in [0.1, 0.15) is 6.61 Å². The number of methoxy groups -OCH3 is 1. The van der Waals surface area contributed by atoms with Gasteiger partial charge in [-0.25, -0.2) is 9.77 Å². The van der Waals surface area contributed by atoms with Crippen molar-refractivity contribution in [2.24, 2.45) is 0 Å². The van der Waals surface area contributed by atoms with Gasteiger partial charge >= 0.3 is 0 Å². The average Bonchev–Trinajstić information content (AvgIpc) is 3.18. The van der Waals surface area contributed by atoms with Gasteiger partial charge < -0.3 is 14.9 Å². The van der Waals surface area contributed by atoms with Gasteiger partial charge in [0.2, 0.25) is 4.77 Å². The molecule has 32 heavy (non-hydrogen) atoms. The van der Waals surface area contributed by atoms with Crippen LogP contribution in [0.2, 0.25) is 0 Å². The summed E-state index contributed by atoms with van der Waals surface area (Å²) in [5.41, 5.74) is 7.44. The number of hydrogen-bond donors (Lipinski definition) is 2. The van der Waals surface area contributed by atoms with Crippen LogP contribution in [-0.2, 0) is 13.2 Å². The molecule has 0 aliphatic heterocycles. The molecule has 0 amide bonds. The molecule has 0 fully saturated rings. The molecule has 0 aliphatic carbocycles. The Hall–Kier alpha value is -3.17. The summed E-state index contributed by atoms with van der Waals surface area (Å²) in [5, 5.41) is 7.19. The van der Waals surface area contributed by atoms with E-state index in [-0.39, 0.29) is 0 Å². The van der Waals surface area contributed by atoms with Gasteiger partial charge in [0.05, 0.1) is 13.7 Å². The Balaban J connectivity index is 1.63. The highest BCUT2D eigenvalue weighted by molar-refractivity contribution is 9.10. The number of nitrogens with zero attached hydrogens (tertiary/aromatic N) is 3. The summed E-state index contributed by atoms with van der Waals surface area (Å²) >= 11 is 9.09. The molecule has 4 aromatic rings. The number of pyridine rings is 1. The summed E-state index contributed by atoms with van der Waals surface area (Å²) in [6.45, 7) is 2.92. The van der Waals surface area contributed by atoms with Crippen LogP contribution in [0.5, 0.6) is 11.5 Å². The van der Waals surface area contributed by atoms with Crippen molar-refractivity contribution in [2.75, 3.05) is 12.5 Å². The van der Waals surface area contributed by atoms with E-state index in [9.17, 15) is 0 Å². The summed E-state index contributed by atoms with van der Waals surface area (Å²) in [6, 6.07) is 15.7. The fraction of sp³-hybridized carbons (Fsp3) is 0.174. The highest BCUT2D eigenvalue weighted by atomic mass is 79.9. The fourth-order valence-corrected chi connectivity index (χ4v) is 3.93. The molecular formula is C23H22BrN5O2S. The van der Waals surface area contributed by atoms with Crippen LogP contribution in [0.4, 0.5) is 0 Å². The van der Waals surface area contributed by atoms with E-state index in [1.807, 2.05) is 36.4 Å². The second kappa shape index (κ2) is 9.97. The molecule has 7 nitrogen and oxygen atoms in total. The van der Waals surface area contributed by atoms with E-state index in [1.54, 1.807) is 24.2 Å². The van der Waals surface area contributed by atoms with Crippen LogP contribution in [0.1, 0.15) is 16.7 Å². The molecular weight excluding hydrogens is 490 g/mol. The number of aromatic nitrogens is 4. The Morgan fingerprint density at radius 3 is 2.66 bits per heavy atom. The third kappa shape index (κ3) is 4.68. The molecule has 2 N–H and O–H groups in total. The number of ether oxygens (including phenoxy) is 2. The SMILES string of the molecule is COc1ccc(Br)c(CNn2c(-c3ccncc3)n[nH]c2=S)c1OCc1ccccc1C. The predicted octanol–water partition coefficient (Wildman–Crippen LogP) is 5.40. The molecule has 0 saturated heterocycles. The maximum Gasteiger partial charge on any atom is 0.214 e. The second-order valence-electron chi connectivity index (χ2n) is 7.03. The number of aryl methyl sites for hydroxylation is 1. The smallest absolute Gasteiger partial charge is 0.214 e. The molecule has 0 unspecified atom stereocenters. The number of rotatable bonds is 8. The molecule has 0 spiro atoms. The van der Waals surface area contributed by atoms with Crippen molar-refractivity contribution in [3.63, 3.8) is 0 Å². The monoisotopic (exact) mass is 511 g/mol. The Labute approximate surface area is 199 Å². The van der Waals surface area contributed by atoms with Crippen molar-refractivity contribution in [2.45, 2.75) is 20.1 Å². The van der Waals surface area contributed by atoms with Crippen LogP contribution < -0.4 is 14.9 Å². The molecule has 0 radical (unpaired) electrons. The fourth-order valence-electron chi connectivity index (χ4n) is 3.28. The van der Waals surface area contributed by atoms with Crippen LogP contribution in [0.3, 0.4) is 0 Å². The molecule has 0 bridgehead atoms. The lowest BCUT2D eigenvalue weighted by atomic mass is 10.1. The Morgan fingerprint density at radius 1 is 1.12 bits per heavy atom. The number of hydrogen-bond acceptors (Lipinski definition) is 6. The van der Waals surface area contributed by atoms with E-state index < -0.39 is 0 Å². The third-order valence-electron chi connectivity index (χ3n) is 5.05. The third-order valence-corrected chi connectivity index (χ3v) is 6.06. The van der Waals surface area contributed by atoms with Crippen molar-refractivity contribution in [3.05, 3.63) is 86.9 Å². The van der Waals surface area contributed by atoms with Gasteiger partial charge in [0, 0.05) is 28.0 Å². The average molecular weight is 512 g/mol. The number of aromatic amines is 1. The molecule has 4 rings (SSSR count). The molecule has 2 aromatic carbocycles. The van der Waals surface area contributed by atoms with Crippen molar-refractivity contribution in [3.8, 4) is 22.9 Å². The van der Waals surface area contributed by atoms with E-state index >= 15 is 0 Å². The lowest BCUT2D eigenvalue weighted by Crippen LogP contribution is -2.17. The van der Waals surface area contributed by atoms with E-state index in [2.05, 4.69) is 55.6 Å². The second-order valence-corrected chi connectivity index (χ2v) is 8.27. The summed E-state index contributed by atoms with van der Waals surface area (Å²) in [7, 11) is 1.63. The highest BCUT2D eigenvalue weighted by Gasteiger charge is 2.17. The van der Waals surface area contributed by atoms with Crippen LogP contribution in [0.25, 0.3) is 11.4 Å². The standard InChI is InChI=1S/C23H22BrN5O2S/c1-15-5-3-4-6-17(15)14-31-21-18(19(24)7-8-20(21)30-2)13-26-29-22(27-28-23(29)32)16-9-11-25-12-10-16/h3-12,26H,13-14H2,1-2H3,(H,28,32). The number of H-pyrrole nitrogens is 1. The maximum atomic E-state index is 6.26. The number of nitrogens with one attached hydrogen (secondary N) is 2. The lowest BCUT2D eigenvalue weighted by molar-refractivity contribution is 0.280. The Kier molecular flexibility index (Phi) is 6.87. The molecule has 2 heterocycles. The first-order valence-electron chi connectivity index (χ1n) is 9.93. The Bertz CT molecular complexity index is 1270.